The van der Waals surface area contributed by atoms with Gasteiger partial charge in [-0.25, -0.2) is 0 Å². The molecule has 3 aromatic rings. The second-order valence-electron chi connectivity index (χ2n) is 7.17. The Morgan fingerprint density at radius 2 is 1.70 bits per heavy atom. The molecule has 3 aromatic carbocycles. The van der Waals surface area contributed by atoms with Crippen LogP contribution >= 0.6 is 0 Å². The number of hydrogen-bond acceptors (Lipinski definition) is 4. The lowest BCUT2D eigenvalue weighted by Gasteiger charge is -2.34. The van der Waals surface area contributed by atoms with Crippen molar-refractivity contribution in [3.63, 3.8) is 0 Å². The molecule has 1 fully saturated rings. The van der Waals surface area contributed by atoms with Gasteiger partial charge in [0.1, 0.15) is 18.1 Å². The van der Waals surface area contributed by atoms with Crippen LogP contribution in [0.5, 0.6) is 11.5 Å². The molecule has 0 aromatic heterocycles. The Kier molecular flexibility index (Phi) is 5.40. The van der Waals surface area contributed by atoms with E-state index in [2.05, 4.69) is 6.07 Å². The molecule has 0 radical (unpaired) electrons. The van der Waals surface area contributed by atoms with Gasteiger partial charge in [0.15, 0.2) is 5.54 Å². The summed E-state index contributed by atoms with van der Waals surface area (Å²) in [6.07, 6.45) is 0.701. The minimum atomic E-state index is -1.13. The van der Waals surface area contributed by atoms with Crippen LogP contribution in [0.25, 0.3) is 0 Å². The van der Waals surface area contributed by atoms with Crippen molar-refractivity contribution in [2.24, 2.45) is 0 Å². The molecule has 1 atom stereocenters. The first-order valence-corrected chi connectivity index (χ1v) is 9.82. The predicted octanol–water partition coefficient (Wildman–Crippen LogP) is 4.82. The van der Waals surface area contributed by atoms with Crippen molar-refractivity contribution in [3.05, 3.63) is 90.0 Å². The van der Waals surface area contributed by atoms with Crippen molar-refractivity contribution in [1.82, 2.24) is 0 Å². The number of methoxy groups -OCH3 is 1. The molecule has 1 amide bonds. The molecular formula is C25H22N2O3. The highest BCUT2D eigenvalue weighted by Gasteiger charge is 2.49. The second kappa shape index (κ2) is 8.30. The number of ether oxygens (including phenoxy) is 2. The first-order valence-electron chi connectivity index (χ1n) is 9.82. The number of carbonyl (C=O) groups excluding carboxylic acids is 1. The lowest BCUT2D eigenvalue weighted by molar-refractivity contribution is -0.117. The summed E-state index contributed by atoms with van der Waals surface area (Å²) in [7, 11) is 1.59. The molecule has 0 N–H and O–H groups in total. The Morgan fingerprint density at radius 3 is 2.40 bits per heavy atom. The third kappa shape index (κ3) is 3.48. The Morgan fingerprint density at radius 1 is 1.00 bits per heavy atom. The molecule has 30 heavy (non-hydrogen) atoms. The molecule has 0 spiro atoms. The van der Waals surface area contributed by atoms with Crippen LogP contribution < -0.4 is 14.4 Å². The van der Waals surface area contributed by atoms with Gasteiger partial charge >= 0.3 is 0 Å². The number of nitriles is 1. The van der Waals surface area contributed by atoms with Gasteiger partial charge in [-0.1, -0.05) is 48.5 Å². The molecular weight excluding hydrogens is 376 g/mol. The summed E-state index contributed by atoms with van der Waals surface area (Å²) < 4.78 is 11.3. The van der Waals surface area contributed by atoms with Crippen molar-refractivity contribution in [1.29, 1.82) is 5.26 Å². The van der Waals surface area contributed by atoms with Crippen LogP contribution in [0.4, 0.5) is 5.69 Å². The fourth-order valence-corrected chi connectivity index (χ4v) is 3.91. The Balaban J connectivity index is 1.73. The van der Waals surface area contributed by atoms with Gasteiger partial charge in [-0.15, -0.1) is 0 Å². The van der Waals surface area contributed by atoms with Crippen LogP contribution in [0.3, 0.4) is 0 Å². The van der Waals surface area contributed by atoms with E-state index in [0.29, 0.717) is 42.2 Å². The number of rotatable bonds is 6. The third-order valence-electron chi connectivity index (χ3n) is 5.42. The highest BCUT2D eigenvalue weighted by Crippen LogP contribution is 2.45. The van der Waals surface area contributed by atoms with Gasteiger partial charge in [0.25, 0.3) is 0 Å². The first kappa shape index (κ1) is 19.5. The summed E-state index contributed by atoms with van der Waals surface area (Å²) in [5, 5.41) is 10.3. The summed E-state index contributed by atoms with van der Waals surface area (Å²) in [5.41, 5.74) is 1.27. The maximum atomic E-state index is 12.9. The lowest BCUT2D eigenvalue weighted by atomic mass is 9.87. The Hall–Kier alpha value is -3.78. The SMILES string of the molecule is COc1ccc(N2C(=O)CC[C@]2(C#N)c2ccccc2OCc2ccccc2)cc1. The number of amides is 1. The molecule has 150 valence electrons. The second-order valence-corrected chi connectivity index (χ2v) is 7.17. The molecule has 0 saturated carbocycles. The summed E-state index contributed by atoms with van der Waals surface area (Å²) >= 11 is 0. The number of anilines is 1. The summed E-state index contributed by atoms with van der Waals surface area (Å²) in [5.74, 6) is 1.22. The minimum absolute atomic E-state index is 0.0837. The molecule has 5 nitrogen and oxygen atoms in total. The van der Waals surface area contributed by atoms with Gasteiger partial charge in [0.05, 0.1) is 13.2 Å². The van der Waals surface area contributed by atoms with Crippen LogP contribution in [-0.2, 0) is 16.9 Å². The number of para-hydroxylation sites is 1. The van der Waals surface area contributed by atoms with Crippen LogP contribution in [0.2, 0.25) is 0 Å². The van der Waals surface area contributed by atoms with E-state index in [4.69, 9.17) is 9.47 Å². The highest BCUT2D eigenvalue weighted by molar-refractivity contribution is 5.98. The number of nitrogens with zero attached hydrogens (tertiary/aromatic N) is 2. The zero-order chi connectivity index (χ0) is 21.0. The quantitative estimate of drug-likeness (QED) is 0.597. The van der Waals surface area contributed by atoms with Gasteiger partial charge < -0.3 is 9.47 Å². The summed E-state index contributed by atoms with van der Waals surface area (Å²) in [6.45, 7) is 0.385. The normalized spacial score (nSPS) is 18.1. The molecule has 1 aliphatic heterocycles. The van der Waals surface area contributed by atoms with Crippen LogP contribution in [0.1, 0.15) is 24.0 Å². The van der Waals surface area contributed by atoms with Gasteiger partial charge in [0.2, 0.25) is 5.91 Å². The van der Waals surface area contributed by atoms with Crippen molar-refractivity contribution in [2.45, 2.75) is 25.0 Å². The molecule has 0 aliphatic carbocycles. The smallest absolute Gasteiger partial charge is 0.228 e. The van der Waals surface area contributed by atoms with E-state index in [1.807, 2.05) is 66.7 Å². The van der Waals surface area contributed by atoms with Crippen molar-refractivity contribution < 1.29 is 14.3 Å². The Bertz CT molecular complexity index is 1070. The van der Waals surface area contributed by atoms with Crippen molar-refractivity contribution in [3.8, 4) is 17.6 Å². The van der Waals surface area contributed by atoms with Crippen LogP contribution in [0, 0.1) is 11.3 Å². The van der Waals surface area contributed by atoms with E-state index in [1.54, 1.807) is 24.1 Å². The maximum absolute atomic E-state index is 12.9. The largest absolute Gasteiger partial charge is 0.497 e. The van der Waals surface area contributed by atoms with Crippen LogP contribution in [-0.4, -0.2) is 13.0 Å². The van der Waals surface area contributed by atoms with Crippen molar-refractivity contribution >= 4 is 11.6 Å². The van der Waals surface area contributed by atoms with E-state index >= 15 is 0 Å². The van der Waals surface area contributed by atoms with E-state index in [1.165, 1.54) is 0 Å². The third-order valence-corrected chi connectivity index (χ3v) is 5.42. The molecule has 0 bridgehead atoms. The monoisotopic (exact) mass is 398 g/mol. The number of benzene rings is 3. The maximum Gasteiger partial charge on any atom is 0.228 e. The van der Waals surface area contributed by atoms with Crippen LogP contribution in [0.15, 0.2) is 78.9 Å². The van der Waals surface area contributed by atoms with E-state index in [9.17, 15) is 10.1 Å². The first-order chi connectivity index (χ1) is 14.7. The predicted molar refractivity (Wildman–Crippen MR) is 114 cm³/mol. The number of carbonyl (C=O) groups is 1. The zero-order valence-electron chi connectivity index (χ0n) is 16.7. The van der Waals surface area contributed by atoms with Gasteiger partial charge in [-0.3, -0.25) is 9.69 Å². The zero-order valence-corrected chi connectivity index (χ0v) is 16.7. The summed E-state index contributed by atoms with van der Waals surface area (Å²) in [6, 6.07) is 27.0. The van der Waals surface area contributed by atoms with Crippen molar-refractivity contribution in [2.75, 3.05) is 12.0 Å². The van der Waals surface area contributed by atoms with Gasteiger partial charge in [0, 0.05) is 17.7 Å². The van der Waals surface area contributed by atoms with Gasteiger partial charge in [-0.05, 0) is 42.3 Å². The minimum Gasteiger partial charge on any atom is -0.497 e. The molecule has 4 rings (SSSR count). The Labute approximate surface area is 176 Å². The average molecular weight is 398 g/mol. The fraction of sp³-hybridized carbons (Fsp3) is 0.200. The molecule has 0 unspecified atom stereocenters. The molecule has 5 heteroatoms. The van der Waals surface area contributed by atoms with E-state index in [0.717, 1.165) is 5.56 Å². The summed E-state index contributed by atoms with van der Waals surface area (Å²) in [4.78, 5) is 14.5. The van der Waals surface area contributed by atoms with Gasteiger partial charge in [-0.2, -0.15) is 5.26 Å². The topological polar surface area (TPSA) is 62.6 Å². The fourth-order valence-electron chi connectivity index (χ4n) is 3.91. The van der Waals surface area contributed by atoms with E-state index in [-0.39, 0.29) is 5.91 Å². The average Bonchev–Trinajstić information content (AvgIpc) is 3.15. The standard InChI is InChI=1S/C25H22N2O3/c1-29-21-13-11-20(12-14-21)27-24(28)15-16-25(27,18-26)22-9-5-6-10-23(22)30-17-19-7-3-2-4-8-19/h2-14H,15-17H2,1H3/t25-/m0/s1. The highest BCUT2D eigenvalue weighted by atomic mass is 16.5. The molecule has 1 saturated heterocycles. The van der Waals surface area contributed by atoms with E-state index < -0.39 is 5.54 Å². The molecule has 1 aliphatic rings. The number of hydrogen-bond donors (Lipinski definition) is 0. The molecule has 1 heterocycles. The lowest BCUT2D eigenvalue weighted by Crippen LogP contribution is -2.42.